The molecule has 0 aromatic heterocycles. The number of ether oxygens (including phenoxy) is 12. The molecular weight excluding hydrogens is 716 g/mol. The van der Waals surface area contributed by atoms with Gasteiger partial charge in [0.2, 0.25) is 24.4 Å². The highest BCUT2D eigenvalue weighted by Crippen LogP contribution is 2.26. The van der Waals surface area contributed by atoms with E-state index in [0.29, 0.717) is 6.42 Å². The summed E-state index contributed by atoms with van der Waals surface area (Å²) in [5, 5.41) is 26.0. The van der Waals surface area contributed by atoms with Crippen LogP contribution in [0.5, 0.6) is 0 Å². The Bertz CT molecular complexity index is 1160. The number of hydrogen-bond donors (Lipinski definition) is 3. The van der Waals surface area contributed by atoms with Crippen LogP contribution in [0.3, 0.4) is 0 Å². The van der Waals surface area contributed by atoms with Crippen molar-refractivity contribution in [3.05, 3.63) is 0 Å². The van der Waals surface area contributed by atoms with Crippen molar-refractivity contribution in [3.8, 4) is 0 Å². The number of aliphatic hydroxyl groups is 3. The molecule has 0 aliphatic carbocycles. The van der Waals surface area contributed by atoms with E-state index < -0.39 is 104 Å². The SMILES string of the molecule is CCC(CO)(CO)CO.CCC(COC(=O)C1COC(=O)O1)(COC(=O)C1COC(=O)O1)COC(=O)C1COC(=O)O1.COC(=O)C1COC(=O)O1. The van der Waals surface area contributed by atoms with Crippen LogP contribution in [0.15, 0.2) is 0 Å². The Morgan fingerprint density at radius 1 is 0.538 bits per heavy atom. The van der Waals surface area contributed by atoms with Crippen molar-refractivity contribution >= 4 is 48.5 Å². The summed E-state index contributed by atoms with van der Waals surface area (Å²) in [5.74, 6) is -3.36. The van der Waals surface area contributed by atoms with Crippen LogP contribution < -0.4 is 0 Å². The molecular formula is C29H40O23. The van der Waals surface area contributed by atoms with Gasteiger partial charge in [0.15, 0.2) is 0 Å². The van der Waals surface area contributed by atoms with Gasteiger partial charge < -0.3 is 72.2 Å². The van der Waals surface area contributed by atoms with Gasteiger partial charge in [0, 0.05) is 5.41 Å². The highest BCUT2D eigenvalue weighted by molar-refractivity contribution is 5.81. The lowest BCUT2D eigenvalue weighted by Gasteiger charge is -2.31. The predicted octanol–water partition coefficient (Wildman–Crippen LogP) is -1.33. The first-order valence-electron chi connectivity index (χ1n) is 15.4. The van der Waals surface area contributed by atoms with E-state index in [1.165, 1.54) is 7.11 Å². The predicted molar refractivity (Wildman–Crippen MR) is 156 cm³/mol. The lowest BCUT2D eigenvalue weighted by molar-refractivity contribution is -0.171. The Morgan fingerprint density at radius 3 is 0.981 bits per heavy atom. The Balaban J connectivity index is 0.000000400. The molecule has 0 aromatic rings. The largest absolute Gasteiger partial charge is 0.509 e. The lowest BCUT2D eigenvalue weighted by Crippen LogP contribution is -2.42. The minimum atomic E-state index is -1.28. The van der Waals surface area contributed by atoms with Crippen LogP contribution in [0.2, 0.25) is 0 Å². The first-order valence-corrected chi connectivity index (χ1v) is 15.4. The summed E-state index contributed by atoms with van der Waals surface area (Å²) in [6.45, 7) is 0.697. The average molecular weight is 757 g/mol. The second-order valence-electron chi connectivity index (χ2n) is 11.2. The highest BCUT2D eigenvalue weighted by atomic mass is 16.8. The zero-order valence-corrected chi connectivity index (χ0v) is 28.3. The summed E-state index contributed by atoms with van der Waals surface area (Å²) in [5.41, 5.74) is -1.92. The Hall–Kier alpha value is -5.16. The second kappa shape index (κ2) is 20.6. The molecule has 0 radical (unpaired) electrons. The molecule has 4 saturated heterocycles. The minimum absolute atomic E-state index is 0.0501. The van der Waals surface area contributed by atoms with Crippen LogP contribution in [0.1, 0.15) is 26.7 Å². The molecule has 0 aromatic carbocycles. The summed E-state index contributed by atoms with van der Waals surface area (Å²) in [6.07, 6.45) is -7.84. The van der Waals surface area contributed by atoms with E-state index >= 15 is 0 Å². The molecule has 4 atom stereocenters. The molecule has 4 aliphatic heterocycles. The molecule has 4 fully saturated rings. The van der Waals surface area contributed by atoms with Crippen molar-refractivity contribution in [2.75, 3.05) is 73.2 Å². The zero-order chi connectivity index (χ0) is 38.9. The topological polar surface area (TPSA) is 308 Å². The van der Waals surface area contributed by atoms with Crippen LogP contribution >= 0.6 is 0 Å². The van der Waals surface area contributed by atoms with Gasteiger partial charge in [0.05, 0.1) is 32.3 Å². The van der Waals surface area contributed by atoms with E-state index in [2.05, 4.69) is 42.6 Å². The number of hydrogen-bond acceptors (Lipinski definition) is 23. The summed E-state index contributed by atoms with van der Waals surface area (Å²) >= 11 is 0. The Morgan fingerprint density at radius 2 is 0.808 bits per heavy atom. The molecule has 23 nitrogen and oxygen atoms in total. The smallest absolute Gasteiger partial charge is 0.466 e. The lowest BCUT2D eigenvalue weighted by atomic mass is 9.88. The van der Waals surface area contributed by atoms with Gasteiger partial charge in [-0.3, -0.25) is 0 Å². The third kappa shape index (κ3) is 12.9. The maximum absolute atomic E-state index is 12.2. The molecule has 4 heterocycles. The molecule has 52 heavy (non-hydrogen) atoms. The first kappa shape index (κ1) is 43.0. The second-order valence-corrected chi connectivity index (χ2v) is 11.2. The molecule has 3 N–H and O–H groups in total. The van der Waals surface area contributed by atoms with Crippen LogP contribution in [0, 0.1) is 10.8 Å². The molecule has 4 rings (SSSR count). The van der Waals surface area contributed by atoms with Crippen molar-refractivity contribution in [2.45, 2.75) is 51.1 Å². The third-order valence-corrected chi connectivity index (χ3v) is 7.68. The number of cyclic esters (lactones) is 8. The third-order valence-electron chi connectivity index (χ3n) is 7.68. The van der Waals surface area contributed by atoms with Gasteiger partial charge in [-0.05, 0) is 12.8 Å². The summed E-state index contributed by atoms with van der Waals surface area (Å²) in [7, 11) is 1.22. The van der Waals surface area contributed by atoms with Crippen molar-refractivity contribution in [1.82, 2.24) is 0 Å². The molecule has 4 aliphatic rings. The van der Waals surface area contributed by atoms with Gasteiger partial charge >= 0.3 is 48.5 Å². The van der Waals surface area contributed by atoms with Crippen molar-refractivity contribution < 1.29 is 111 Å². The van der Waals surface area contributed by atoms with Gasteiger partial charge in [-0.15, -0.1) is 0 Å². The maximum Gasteiger partial charge on any atom is 0.509 e. The fourth-order valence-corrected chi connectivity index (χ4v) is 3.78. The molecule has 0 spiro atoms. The number of methoxy groups -OCH3 is 1. The van der Waals surface area contributed by atoms with Crippen molar-refractivity contribution in [2.24, 2.45) is 10.8 Å². The van der Waals surface area contributed by atoms with E-state index in [0.717, 1.165) is 0 Å². The van der Waals surface area contributed by atoms with Crippen LogP contribution in [-0.4, -0.2) is 161 Å². The molecule has 294 valence electrons. The number of rotatable bonds is 15. The quantitative estimate of drug-likeness (QED) is 0.129. The van der Waals surface area contributed by atoms with Crippen molar-refractivity contribution in [1.29, 1.82) is 0 Å². The van der Waals surface area contributed by atoms with Gasteiger partial charge in [0.25, 0.3) is 0 Å². The minimum Gasteiger partial charge on any atom is -0.466 e. The van der Waals surface area contributed by atoms with Gasteiger partial charge in [0.1, 0.15) is 46.2 Å². The molecule has 0 amide bonds. The van der Waals surface area contributed by atoms with Crippen LogP contribution in [0.4, 0.5) is 19.2 Å². The standard InChI is InChI=1S/C18H20O15.C6H14O3.C5H6O5/c1-2-18(6-28-12(19)9-3-25-15(22)31-9,7-29-13(20)10-4-26-16(23)32-10)8-30-14(21)11-5-27-17(24)33-11;1-2-6(3-7,4-8)5-9;1-8-4(6)3-2-9-5(7)10-3/h9-11H,2-8H2,1H3;7-9H,2-5H2,1H3;3H,2H2,1H3. The number of aliphatic hydroxyl groups excluding tert-OH is 3. The highest BCUT2D eigenvalue weighted by Gasteiger charge is 2.41. The van der Waals surface area contributed by atoms with E-state index in [1.54, 1.807) is 6.92 Å². The number of carbonyl (C=O) groups excluding carboxylic acids is 8. The normalized spacial score (nSPS) is 22.7. The molecule has 23 heteroatoms. The summed E-state index contributed by atoms with van der Waals surface area (Å²) in [6, 6.07) is 0. The van der Waals surface area contributed by atoms with E-state index in [4.69, 9.17) is 29.5 Å². The molecule has 0 saturated carbocycles. The molecule has 0 bridgehead atoms. The van der Waals surface area contributed by atoms with Gasteiger partial charge in [-0.25, -0.2) is 38.4 Å². The van der Waals surface area contributed by atoms with Crippen LogP contribution in [0.25, 0.3) is 0 Å². The Kier molecular flexibility index (Phi) is 17.1. The fourth-order valence-electron chi connectivity index (χ4n) is 3.78. The van der Waals surface area contributed by atoms with Crippen molar-refractivity contribution in [3.63, 3.8) is 0 Å². The van der Waals surface area contributed by atoms with E-state index in [-0.39, 0.29) is 52.7 Å². The fraction of sp³-hybridized carbons (Fsp3) is 0.724. The summed E-state index contributed by atoms with van der Waals surface area (Å²) < 4.78 is 56.0. The first-order chi connectivity index (χ1) is 24.7. The molecule has 4 unspecified atom stereocenters. The van der Waals surface area contributed by atoms with E-state index in [9.17, 15) is 38.4 Å². The number of esters is 4. The Labute approximate surface area is 294 Å². The summed E-state index contributed by atoms with van der Waals surface area (Å²) in [4.78, 5) is 90.4. The van der Waals surface area contributed by atoms with Crippen LogP contribution in [-0.2, 0) is 76.0 Å². The van der Waals surface area contributed by atoms with Gasteiger partial charge in [-0.1, -0.05) is 13.8 Å². The number of carbonyl (C=O) groups is 8. The average Bonchev–Trinajstić information content (AvgIpc) is 3.98. The zero-order valence-electron chi connectivity index (χ0n) is 28.3. The van der Waals surface area contributed by atoms with E-state index in [1.807, 2.05) is 6.92 Å². The van der Waals surface area contributed by atoms with Gasteiger partial charge in [-0.2, -0.15) is 0 Å². The maximum atomic E-state index is 12.2. The monoisotopic (exact) mass is 756 g/mol.